The van der Waals surface area contributed by atoms with Crippen LogP contribution in [0, 0.1) is 0 Å². The summed E-state index contributed by atoms with van der Waals surface area (Å²) in [4.78, 5) is 2.05. The second-order valence-corrected chi connectivity index (χ2v) is 2.63. The van der Waals surface area contributed by atoms with Gasteiger partial charge in [0.2, 0.25) is 0 Å². The first-order valence-corrected chi connectivity index (χ1v) is 4.31. The van der Waals surface area contributed by atoms with E-state index in [1.807, 2.05) is 14.1 Å². The predicted molar refractivity (Wildman–Crippen MR) is 36.1 cm³/mol. The van der Waals surface area contributed by atoms with Gasteiger partial charge in [-0.3, -0.25) is 0 Å². The van der Waals surface area contributed by atoms with Crippen molar-refractivity contribution in [2.24, 2.45) is 0 Å². The summed E-state index contributed by atoms with van der Waals surface area (Å²) in [5.41, 5.74) is 0. The molecule has 4 heteroatoms. The Hall–Kier alpha value is 0.427. The molecule has 0 aromatic carbocycles. The molecule has 0 aliphatic heterocycles. The summed E-state index contributed by atoms with van der Waals surface area (Å²) in [5, 5.41) is 0. The Balaban J connectivity index is 2.72. The fraction of sp³-hybridized carbons (Fsp3) is 1.00. The molecule has 0 spiro atoms. The summed E-state index contributed by atoms with van der Waals surface area (Å²) >= 11 is 5.27. The van der Waals surface area contributed by atoms with Crippen LogP contribution in [0.4, 0.5) is 0 Å². The van der Waals surface area contributed by atoms with Crippen LogP contribution in [-0.2, 0) is 4.43 Å². The minimum Gasteiger partial charge on any atom is -0.401 e. The van der Waals surface area contributed by atoms with Crippen molar-refractivity contribution in [3.8, 4) is 0 Å². The van der Waals surface area contributed by atoms with Gasteiger partial charge in [-0.1, -0.05) is 0 Å². The van der Waals surface area contributed by atoms with Crippen molar-refractivity contribution in [3.05, 3.63) is 0 Å². The lowest BCUT2D eigenvalue weighted by molar-refractivity contribution is 0.276. The van der Waals surface area contributed by atoms with Crippen LogP contribution in [0.15, 0.2) is 0 Å². The van der Waals surface area contributed by atoms with Crippen LogP contribution >= 0.6 is 11.1 Å². The molecular weight excluding hydrogens is 142 g/mol. The van der Waals surface area contributed by atoms with Gasteiger partial charge >= 0.3 is 9.07 Å². The van der Waals surface area contributed by atoms with Gasteiger partial charge in [-0.15, -0.1) is 11.1 Å². The number of hydrogen-bond donors (Lipinski definition) is 0. The second kappa shape index (κ2) is 5.56. The van der Waals surface area contributed by atoms with Gasteiger partial charge in [0.25, 0.3) is 0 Å². The van der Waals surface area contributed by atoms with Crippen LogP contribution < -0.4 is 0 Å². The lowest BCUT2D eigenvalue weighted by atomic mass is 10.6. The number of likely N-dealkylation sites (N-methyl/N-ethyl adjacent to an activating group) is 1. The van der Waals surface area contributed by atoms with Gasteiger partial charge in [-0.05, 0) is 14.1 Å². The first kappa shape index (κ1) is 8.43. The van der Waals surface area contributed by atoms with E-state index in [9.17, 15) is 0 Å². The molecule has 0 aliphatic carbocycles. The average Bonchev–Trinajstić information content (AvgIpc) is 1.66. The molecule has 0 heterocycles. The maximum absolute atomic E-state index is 5.27. The molecule has 0 rings (SSSR count). The SMILES string of the molecule is CN(C)CCO[Si]Cl. The van der Waals surface area contributed by atoms with E-state index in [0.717, 1.165) is 13.2 Å². The monoisotopic (exact) mass is 151 g/mol. The Bertz CT molecular complexity index is 53.3. The Morgan fingerprint density at radius 2 is 2.25 bits per heavy atom. The van der Waals surface area contributed by atoms with Gasteiger partial charge < -0.3 is 9.33 Å². The van der Waals surface area contributed by atoms with Gasteiger partial charge in [-0.2, -0.15) is 0 Å². The van der Waals surface area contributed by atoms with Crippen molar-refractivity contribution >= 4 is 20.2 Å². The second-order valence-electron chi connectivity index (χ2n) is 1.73. The van der Waals surface area contributed by atoms with E-state index in [0.29, 0.717) is 0 Å². The van der Waals surface area contributed by atoms with Gasteiger partial charge in [0.1, 0.15) is 0 Å². The third-order valence-electron chi connectivity index (χ3n) is 0.695. The molecule has 48 valence electrons. The summed E-state index contributed by atoms with van der Waals surface area (Å²) in [6, 6.07) is 0. The Kier molecular flexibility index (Phi) is 5.86. The molecule has 2 radical (unpaired) electrons. The van der Waals surface area contributed by atoms with E-state index < -0.39 is 0 Å². The molecule has 0 aliphatic rings. The van der Waals surface area contributed by atoms with E-state index >= 15 is 0 Å². The molecule has 0 unspecified atom stereocenters. The maximum Gasteiger partial charge on any atom is 0.356 e. The van der Waals surface area contributed by atoms with Gasteiger partial charge in [0.05, 0.1) is 0 Å². The molecule has 0 saturated carbocycles. The highest BCUT2D eigenvalue weighted by Gasteiger charge is 1.88. The highest BCUT2D eigenvalue weighted by atomic mass is 35.6. The fourth-order valence-corrected chi connectivity index (χ4v) is 0.667. The first-order valence-electron chi connectivity index (χ1n) is 2.39. The Morgan fingerprint density at radius 1 is 1.62 bits per heavy atom. The van der Waals surface area contributed by atoms with Crippen molar-refractivity contribution in [1.29, 1.82) is 0 Å². The van der Waals surface area contributed by atoms with E-state index in [2.05, 4.69) is 4.90 Å². The molecule has 0 aromatic rings. The van der Waals surface area contributed by atoms with Crippen LogP contribution in [-0.4, -0.2) is 41.2 Å². The molecular formula is C4H10ClNOSi. The smallest absolute Gasteiger partial charge is 0.356 e. The lowest BCUT2D eigenvalue weighted by Crippen LogP contribution is -2.18. The topological polar surface area (TPSA) is 12.5 Å². The zero-order valence-electron chi connectivity index (χ0n) is 5.15. The first-order chi connectivity index (χ1) is 3.77. The van der Waals surface area contributed by atoms with Crippen LogP contribution in [0.25, 0.3) is 0 Å². The highest BCUT2D eigenvalue weighted by molar-refractivity contribution is 6.89. The van der Waals surface area contributed by atoms with Crippen LogP contribution in [0.3, 0.4) is 0 Å². The van der Waals surface area contributed by atoms with Crippen molar-refractivity contribution in [3.63, 3.8) is 0 Å². The maximum atomic E-state index is 5.27. The summed E-state index contributed by atoms with van der Waals surface area (Å²) in [7, 11) is 4.10. The summed E-state index contributed by atoms with van der Waals surface area (Å²) < 4.78 is 4.90. The molecule has 2 nitrogen and oxygen atoms in total. The number of halogens is 1. The summed E-state index contributed by atoms with van der Waals surface area (Å²) in [6.07, 6.45) is 0. The molecule has 0 fully saturated rings. The molecule has 8 heavy (non-hydrogen) atoms. The van der Waals surface area contributed by atoms with Crippen molar-refractivity contribution in [2.75, 3.05) is 27.2 Å². The normalized spacial score (nSPS) is 10.5. The van der Waals surface area contributed by atoms with E-state index in [1.165, 1.54) is 0 Å². The largest absolute Gasteiger partial charge is 0.401 e. The molecule has 0 N–H and O–H groups in total. The Morgan fingerprint density at radius 3 is 2.62 bits per heavy atom. The molecule has 0 saturated heterocycles. The minimum atomic E-state index is 0.103. The lowest BCUT2D eigenvalue weighted by Gasteiger charge is -2.06. The molecule has 0 bridgehead atoms. The predicted octanol–water partition coefficient (Wildman–Crippen LogP) is 0.338. The molecule has 0 aromatic heterocycles. The van der Waals surface area contributed by atoms with Crippen LogP contribution in [0.1, 0.15) is 0 Å². The zero-order chi connectivity index (χ0) is 6.41. The Labute approximate surface area is 57.4 Å². The summed E-state index contributed by atoms with van der Waals surface area (Å²) in [5.74, 6) is 0. The molecule has 0 atom stereocenters. The van der Waals surface area contributed by atoms with Gasteiger partial charge in [-0.25, -0.2) is 0 Å². The number of rotatable bonds is 4. The highest BCUT2D eigenvalue weighted by Crippen LogP contribution is 1.77. The van der Waals surface area contributed by atoms with Crippen LogP contribution in [0.2, 0.25) is 0 Å². The molecule has 0 amide bonds. The third kappa shape index (κ3) is 6.43. The van der Waals surface area contributed by atoms with Gasteiger partial charge in [0.15, 0.2) is 0 Å². The quantitative estimate of drug-likeness (QED) is 0.327. The number of nitrogens with zero attached hydrogens (tertiary/aromatic N) is 1. The average molecular weight is 152 g/mol. The van der Waals surface area contributed by atoms with Crippen molar-refractivity contribution in [1.82, 2.24) is 4.90 Å². The fourth-order valence-electron chi connectivity index (χ4n) is 0.267. The van der Waals surface area contributed by atoms with E-state index in [1.54, 1.807) is 0 Å². The summed E-state index contributed by atoms with van der Waals surface area (Å²) in [6.45, 7) is 1.68. The van der Waals surface area contributed by atoms with Crippen molar-refractivity contribution in [2.45, 2.75) is 0 Å². The van der Waals surface area contributed by atoms with Crippen LogP contribution in [0.5, 0.6) is 0 Å². The van der Waals surface area contributed by atoms with E-state index in [4.69, 9.17) is 15.5 Å². The van der Waals surface area contributed by atoms with E-state index in [-0.39, 0.29) is 9.07 Å². The zero-order valence-corrected chi connectivity index (χ0v) is 6.90. The van der Waals surface area contributed by atoms with Gasteiger partial charge in [0, 0.05) is 13.2 Å². The van der Waals surface area contributed by atoms with Crippen molar-refractivity contribution < 1.29 is 4.43 Å². The third-order valence-corrected chi connectivity index (χ3v) is 1.34. The minimum absolute atomic E-state index is 0.103. The standard InChI is InChI=1S/C4H10ClNOSi/c1-6(2)3-4-7-8-5/h3-4H2,1-2H3. The number of hydrogen-bond acceptors (Lipinski definition) is 2.